The van der Waals surface area contributed by atoms with E-state index < -0.39 is 0 Å². The summed E-state index contributed by atoms with van der Waals surface area (Å²) in [5, 5.41) is 4.89. The second-order valence-corrected chi connectivity index (χ2v) is 6.73. The van der Waals surface area contributed by atoms with Crippen molar-refractivity contribution in [2.75, 3.05) is 0 Å². The molecule has 20 heavy (non-hydrogen) atoms. The van der Waals surface area contributed by atoms with Crippen LogP contribution in [0.1, 0.15) is 19.4 Å². The zero-order chi connectivity index (χ0) is 14.5. The fraction of sp³-hybridized carbons (Fsp3) is 0.250. The molecule has 0 saturated carbocycles. The van der Waals surface area contributed by atoms with Crippen LogP contribution in [0.15, 0.2) is 52.3 Å². The van der Waals surface area contributed by atoms with E-state index in [0.29, 0.717) is 6.04 Å². The molecule has 2 rings (SSSR count). The lowest BCUT2D eigenvalue weighted by Crippen LogP contribution is -2.21. The predicted molar refractivity (Wildman–Crippen MR) is 89.0 cm³/mol. The van der Waals surface area contributed by atoms with Gasteiger partial charge in [0.1, 0.15) is 0 Å². The molecule has 0 radical (unpaired) electrons. The zero-order valence-electron chi connectivity index (χ0n) is 11.5. The molecule has 0 atom stereocenters. The summed E-state index contributed by atoms with van der Waals surface area (Å²) >= 11 is 14.1. The van der Waals surface area contributed by atoms with Crippen molar-refractivity contribution in [3.05, 3.63) is 58.1 Å². The summed E-state index contributed by atoms with van der Waals surface area (Å²) in [7, 11) is 0. The molecule has 2 aromatic rings. The van der Waals surface area contributed by atoms with Crippen LogP contribution in [-0.4, -0.2) is 6.04 Å². The summed E-state index contributed by atoms with van der Waals surface area (Å²) in [4.78, 5) is 2.04. The molecule has 0 unspecified atom stereocenters. The predicted octanol–water partition coefficient (Wildman–Crippen LogP) is 5.64. The van der Waals surface area contributed by atoms with Crippen LogP contribution in [0.5, 0.6) is 0 Å². The second-order valence-electron chi connectivity index (χ2n) is 4.83. The molecule has 0 aliphatic carbocycles. The van der Waals surface area contributed by atoms with E-state index in [-0.39, 0.29) is 0 Å². The van der Waals surface area contributed by atoms with Crippen LogP contribution in [0.2, 0.25) is 10.0 Å². The third-order valence-corrected chi connectivity index (χ3v) is 4.79. The lowest BCUT2D eigenvalue weighted by Gasteiger charge is -2.10. The van der Waals surface area contributed by atoms with E-state index in [1.165, 1.54) is 5.56 Å². The van der Waals surface area contributed by atoms with Gasteiger partial charge in [-0.1, -0.05) is 67.0 Å². The van der Waals surface area contributed by atoms with Crippen LogP contribution in [0.25, 0.3) is 0 Å². The molecular weight excluding hydrogens is 309 g/mol. The van der Waals surface area contributed by atoms with Crippen LogP contribution in [0.4, 0.5) is 0 Å². The summed E-state index contributed by atoms with van der Waals surface area (Å²) in [6, 6.07) is 14.4. The van der Waals surface area contributed by atoms with Crippen LogP contribution < -0.4 is 5.32 Å². The maximum Gasteiger partial charge on any atom is 0.0548 e. The van der Waals surface area contributed by atoms with Gasteiger partial charge >= 0.3 is 0 Å². The van der Waals surface area contributed by atoms with Crippen molar-refractivity contribution < 1.29 is 0 Å². The highest BCUT2D eigenvalue weighted by Gasteiger charge is 2.07. The van der Waals surface area contributed by atoms with Gasteiger partial charge in [-0.25, -0.2) is 0 Å². The molecular formula is C16H17Cl2NS. The van der Waals surface area contributed by atoms with Gasteiger partial charge in [0.2, 0.25) is 0 Å². The Kier molecular flexibility index (Phi) is 5.79. The van der Waals surface area contributed by atoms with E-state index in [1.54, 1.807) is 11.8 Å². The molecule has 106 valence electrons. The second kappa shape index (κ2) is 7.37. The van der Waals surface area contributed by atoms with Crippen molar-refractivity contribution >= 4 is 35.0 Å². The van der Waals surface area contributed by atoms with Gasteiger partial charge in [-0.3, -0.25) is 0 Å². The quantitative estimate of drug-likeness (QED) is 0.763. The first kappa shape index (κ1) is 15.7. The Morgan fingerprint density at radius 1 is 1.00 bits per heavy atom. The number of halogens is 2. The summed E-state index contributed by atoms with van der Waals surface area (Å²) in [6.45, 7) is 5.08. The topological polar surface area (TPSA) is 12.0 Å². The van der Waals surface area contributed by atoms with Gasteiger partial charge in [-0.05, 0) is 29.8 Å². The Bertz CT molecular complexity index is 584. The lowest BCUT2D eigenvalue weighted by molar-refractivity contribution is 0.589. The van der Waals surface area contributed by atoms with Gasteiger partial charge in [0.05, 0.1) is 10.0 Å². The largest absolute Gasteiger partial charge is 0.310 e. The van der Waals surface area contributed by atoms with Crippen molar-refractivity contribution in [3.63, 3.8) is 0 Å². The lowest BCUT2D eigenvalue weighted by atomic mass is 10.2. The summed E-state index contributed by atoms with van der Waals surface area (Å²) < 4.78 is 0. The van der Waals surface area contributed by atoms with Crippen LogP contribution in [0, 0.1) is 0 Å². The minimum atomic E-state index is 0.464. The summed E-state index contributed by atoms with van der Waals surface area (Å²) in [6.07, 6.45) is 0. The average molecular weight is 326 g/mol. The van der Waals surface area contributed by atoms with Gasteiger partial charge in [-0.2, -0.15) is 0 Å². The SMILES string of the molecule is CC(C)NCc1ccc(Sc2ccccc2Cl)c(Cl)c1. The number of rotatable bonds is 5. The van der Waals surface area contributed by atoms with Gasteiger partial charge in [-0.15, -0.1) is 0 Å². The molecule has 0 aliphatic rings. The minimum absolute atomic E-state index is 0.464. The van der Waals surface area contributed by atoms with Crippen molar-refractivity contribution in [2.45, 2.75) is 36.2 Å². The molecule has 0 fully saturated rings. The standard InChI is InChI=1S/C16H17Cl2NS/c1-11(2)19-10-12-7-8-16(14(18)9-12)20-15-6-4-3-5-13(15)17/h3-9,11,19H,10H2,1-2H3. The van der Waals surface area contributed by atoms with Gasteiger partial charge in [0.15, 0.2) is 0 Å². The van der Waals surface area contributed by atoms with E-state index in [9.17, 15) is 0 Å². The summed E-state index contributed by atoms with van der Waals surface area (Å²) in [5.74, 6) is 0. The normalized spacial score (nSPS) is 11.1. The Balaban J connectivity index is 2.12. The molecule has 1 N–H and O–H groups in total. The fourth-order valence-electron chi connectivity index (χ4n) is 1.71. The van der Waals surface area contributed by atoms with Gasteiger partial charge in [0, 0.05) is 22.4 Å². The molecule has 1 nitrogen and oxygen atoms in total. The van der Waals surface area contributed by atoms with Crippen molar-refractivity contribution in [2.24, 2.45) is 0 Å². The van der Waals surface area contributed by atoms with E-state index in [1.807, 2.05) is 36.4 Å². The van der Waals surface area contributed by atoms with E-state index >= 15 is 0 Å². The van der Waals surface area contributed by atoms with E-state index in [4.69, 9.17) is 23.2 Å². The first-order valence-corrected chi connectivity index (χ1v) is 8.07. The third kappa shape index (κ3) is 4.42. The van der Waals surface area contributed by atoms with E-state index in [0.717, 1.165) is 26.4 Å². The molecule has 0 bridgehead atoms. The van der Waals surface area contributed by atoms with Gasteiger partial charge in [0.25, 0.3) is 0 Å². The van der Waals surface area contributed by atoms with Gasteiger partial charge < -0.3 is 5.32 Å². The monoisotopic (exact) mass is 325 g/mol. The Labute approximate surface area is 134 Å². The molecule has 0 spiro atoms. The van der Waals surface area contributed by atoms with Crippen molar-refractivity contribution in [3.8, 4) is 0 Å². The van der Waals surface area contributed by atoms with Crippen LogP contribution >= 0.6 is 35.0 Å². The van der Waals surface area contributed by atoms with Crippen molar-refractivity contribution in [1.82, 2.24) is 5.32 Å². The summed E-state index contributed by atoms with van der Waals surface area (Å²) in [5.41, 5.74) is 1.19. The molecule has 2 aromatic carbocycles. The Morgan fingerprint density at radius 3 is 2.35 bits per heavy atom. The average Bonchev–Trinajstić information content (AvgIpc) is 2.41. The van der Waals surface area contributed by atoms with Crippen molar-refractivity contribution in [1.29, 1.82) is 0 Å². The third-order valence-electron chi connectivity index (χ3n) is 2.77. The first-order valence-electron chi connectivity index (χ1n) is 6.50. The molecule has 0 amide bonds. The van der Waals surface area contributed by atoms with Crippen LogP contribution in [-0.2, 0) is 6.54 Å². The number of hydrogen-bond donors (Lipinski definition) is 1. The highest BCUT2D eigenvalue weighted by atomic mass is 35.5. The molecule has 0 saturated heterocycles. The fourth-order valence-corrected chi connectivity index (χ4v) is 3.12. The molecule has 4 heteroatoms. The minimum Gasteiger partial charge on any atom is -0.310 e. The highest BCUT2D eigenvalue weighted by molar-refractivity contribution is 7.99. The highest BCUT2D eigenvalue weighted by Crippen LogP contribution is 2.37. The Morgan fingerprint density at radius 2 is 1.70 bits per heavy atom. The van der Waals surface area contributed by atoms with E-state index in [2.05, 4.69) is 25.2 Å². The Hall–Kier alpha value is -0.670. The molecule has 0 heterocycles. The zero-order valence-corrected chi connectivity index (χ0v) is 13.8. The first-order chi connectivity index (χ1) is 9.56. The molecule has 0 aromatic heterocycles. The maximum atomic E-state index is 6.36. The molecule has 0 aliphatic heterocycles. The number of nitrogens with one attached hydrogen (secondary N) is 1. The number of benzene rings is 2. The van der Waals surface area contributed by atoms with Crippen LogP contribution in [0.3, 0.4) is 0 Å². The number of hydrogen-bond acceptors (Lipinski definition) is 2. The maximum absolute atomic E-state index is 6.36. The smallest absolute Gasteiger partial charge is 0.0548 e.